The quantitative estimate of drug-likeness (QED) is 0.814. The van der Waals surface area contributed by atoms with Crippen LogP contribution in [-0.4, -0.2) is 23.5 Å². The Balaban J connectivity index is 1.74. The SMILES string of the molecule is CC1C[C@H](C(=O)NCCC2CCCCC2)[C@H](C(=O)O)C1. The van der Waals surface area contributed by atoms with E-state index in [1.54, 1.807) is 0 Å². The maximum Gasteiger partial charge on any atom is 0.307 e. The van der Waals surface area contributed by atoms with Gasteiger partial charge < -0.3 is 10.4 Å². The third-order valence-electron chi connectivity index (χ3n) is 5.03. The standard InChI is InChI=1S/C16H27NO3/c1-11-9-13(14(10-11)16(19)20)15(18)17-8-7-12-5-3-2-4-6-12/h11-14H,2-10H2,1H3,(H,17,18)(H,19,20)/t11?,13-,14+/m0/s1. The Kier molecular flexibility index (Phi) is 5.44. The summed E-state index contributed by atoms with van der Waals surface area (Å²) in [6.45, 7) is 2.74. The third-order valence-corrected chi connectivity index (χ3v) is 5.03. The van der Waals surface area contributed by atoms with E-state index in [9.17, 15) is 14.7 Å². The van der Waals surface area contributed by atoms with E-state index in [0.717, 1.165) is 12.3 Å². The van der Waals surface area contributed by atoms with Crippen molar-refractivity contribution in [2.24, 2.45) is 23.7 Å². The van der Waals surface area contributed by atoms with Crippen LogP contribution in [0, 0.1) is 23.7 Å². The van der Waals surface area contributed by atoms with Crippen molar-refractivity contribution in [3.63, 3.8) is 0 Å². The van der Waals surface area contributed by atoms with Crippen LogP contribution in [0.3, 0.4) is 0 Å². The predicted molar refractivity (Wildman–Crippen MR) is 77.2 cm³/mol. The van der Waals surface area contributed by atoms with Crippen molar-refractivity contribution in [2.75, 3.05) is 6.54 Å². The molecule has 0 bridgehead atoms. The van der Waals surface area contributed by atoms with Crippen LogP contribution in [0.4, 0.5) is 0 Å². The first kappa shape index (κ1) is 15.3. The highest BCUT2D eigenvalue weighted by Crippen LogP contribution is 2.36. The zero-order chi connectivity index (χ0) is 14.5. The molecule has 0 aliphatic heterocycles. The first-order valence-corrected chi connectivity index (χ1v) is 8.08. The molecule has 2 fully saturated rings. The average molecular weight is 281 g/mol. The Labute approximate surface area is 121 Å². The van der Waals surface area contributed by atoms with E-state index in [1.165, 1.54) is 32.1 Å². The summed E-state index contributed by atoms with van der Waals surface area (Å²) in [5.41, 5.74) is 0. The molecule has 0 heterocycles. The van der Waals surface area contributed by atoms with Gasteiger partial charge in [-0.1, -0.05) is 39.0 Å². The fraction of sp³-hybridized carbons (Fsp3) is 0.875. The van der Waals surface area contributed by atoms with Crippen LogP contribution in [0.25, 0.3) is 0 Å². The van der Waals surface area contributed by atoms with Gasteiger partial charge in [0.1, 0.15) is 0 Å². The minimum absolute atomic E-state index is 0.0439. The lowest BCUT2D eigenvalue weighted by molar-refractivity contribution is -0.146. The third kappa shape index (κ3) is 3.97. The fourth-order valence-electron chi connectivity index (χ4n) is 3.86. The highest BCUT2D eigenvalue weighted by molar-refractivity contribution is 5.85. The van der Waals surface area contributed by atoms with Gasteiger partial charge in [0, 0.05) is 6.54 Å². The first-order valence-electron chi connectivity index (χ1n) is 8.08. The van der Waals surface area contributed by atoms with E-state index in [1.807, 2.05) is 6.92 Å². The van der Waals surface area contributed by atoms with Gasteiger partial charge >= 0.3 is 5.97 Å². The first-order chi connectivity index (χ1) is 9.58. The smallest absolute Gasteiger partial charge is 0.307 e. The highest BCUT2D eigenvalue weighted by atomic mass is 16.4. The van der Waals surface area contributed by atoms with Gasteiger partial charge in [-0.05, 0) is 31.1 Å². The molecule has 114 valence electrons. The molecule has 3 atom stereocenters. The maximum absolute atomic E-state index is 12.2. The van der Waals surface area contributed by atoms with Crippen LogP contribution < -0.4 is 5.32 Å². The second kappa shape index (κ2) is 7.09. The number of hydrogen-bond acceptors (Lipinski definition) is 2. The van der Waals surface area contributed by atoms with Crippen LogP contribution in [0.15, 0.2) is 0 Å². The molecule has 1 unspecified atom stereocenters. The van der Waals surface area contributed by atoms with E-state index >= 15 is 0 Å². The summed E-state index contributed by atoms with van der Waals surface area (Å²) >= 11 is 0. The summed E-state index contributed by atoms with van der Waals surface area (Å²) in [4.78, 5) is 23.4. The number of aliphatic carboxylic acids is 1. The van der Waals surface area contributed by atoms with Gasteiger partial charge in [-0.2, -0.15) is 0 Å². The van der Waals surface area contributed by atoms with Gasteiger partial charge in [-0.15, -0.1) is 0 Å². The number of carbonyl (C=O) groups excluding carboxylic acids is 1. The van der Waals surface area contributed by atoms with Gasteiger partial charge in [0.15, 0.2) is 0 Å². The van der Waals surface area contributed by atoms with Gasteiger partial charge in [0.05, 0.1) is 11.8 Å². The molecular weight excluding hydrogens is 254 g/mol. The molecule has 2 rings (SSSR count). The van der Waals surface area contributed by atoms with Crippen LogP contribution in [-0.2, 0) is 9.59 Å². The molecule has 4 nitrogen and oxygen atoms in total. The molecule has 0 aromatic carbocycles. The highest BCUT2D eigenvalue weighted by Gasteiger charge is 2.40. The number of nitrogens with one attached hydrogen (secondary N) is 1. The second-order valence-electron chi connectivity index (χ2n) is 6.71. The lowest BCUT2D eigenvalue weighted by atomic mass is 9.87. The van der Waals surface area contributed by atoms with Crippen molar-refractivity contribution in [2.45, 2.75) is 58.3 Å². The van der Waals surface area contributed by atoms with E-state index in [2.05, 4.69) is 5.32 Å². The van der Waals surface area contributed by atoms with Gasteiger partial charge in [-0.3, -0.25) is 9.59 Å². The minimum Gasteiger partial charge on any atom is -0.481 e. The molecule has 2 saturated carbocycles. The van der Waals surface area contributed by atoms with Crippen molar-refractivity contribution < 1.29 is 14.7 Å². The van der Waals surface area contributed by atoms with E-state index in [-0.39, 0.29) is 11.8 Å². The Hall–Kier alpha value is -1.06. The molecule has 0 radical (unpaired) electrons. The maximum atomic E-state index is 12.2. The topological polar surface area (TPSA) is 66.4 Å². The van der Waals surface area contributed by atoms with Gasteiger partial charge in [0.2, 0.25) is 5.91 Å². The minimum atomic E-state index is -0.818. The molecule has 20 heavy (non-hydrogen) atoms. The molecule has 0 aromatic heterocycles. The zero-order valence-electron chi connectivity index (χ0n) is 12.4. The predicted octanol–water partition coefficient (Wildman–Crippen LogP) is 2.82. The van der Waals surface area contributed by atoms with Gasteiger partial charge in [0.25, 0.3) is 0 Å². The van der Waals surface area contributed by atoms with E-state index < -0.39 is 11.9 Å². The number of carboxylic acids is 1. The largest absolute Gasteiger partial charge is 0.481 e. The number of hydrogen-bond donors (Lipinski definition) is 2. The molecule has 0 spiro atoms. The summed E-state index contributed by atoms with van der Waals surface area (Å²) in [7, 11) is 0. The Morgan fingerprint density at radius 1 is 1.10 bits per heavy atom. The van der Waals surface area contributed by atoms with Crippen molar-refractivity contribution in [1.82, 2.24) is 5.32 Å². The van der Waals surface area contributed by atoms with Crippen molar-refractivity contribution in [1.29, 1.82) is 0 Å². The van der Waals surface area contributed by atoms with E-state index in [0.29, 0.717) is 25.3 Å². The number of rotatable bonds is 5. The van der Waals surface area contributed by atoms with Crippen LogP contribution in [0.5, 0.6) is 0 Å². The monoisotopic (exact) mass is 281 g/mol. The number of amides is 1. The lowest BCUT2D eigenvalue weighted by Gasteiger charge is -2.22. The Morgan fingerprint density at radius 3 is 2.40 bits per heavy atom. The summed E-state index contributed by atoms with van der Waals surface area (Å²) in [5, 5.41) is 12.2. The zero-order valence-corrected chi connectivity index (χ0v) is 12.4. The molecule has 2 N–H and O–H groups in total. The second-order valence-corrected chi connectivity index (χ2v) is 6.71. The summed E-state index contributed by atoms with van der Waals surface area (Å²) in [6, 6.07) is 0. The molecule has 0 saturated heterocycles. The Morgan fingerprint density at radius 2 is 1.75 bits per heavy atom. The molecule has 4 heteroatoms. The number of carbonyl (C=O) groups is 2. The lowest BCUT2D eigenvalue weighted by Crippen LogP contribution is -2.36. The molecule has 1 amide bonds. The summed E-state index contributed by atoms with van der Waals surface area (Å²) in [6.07, 6.45) is 8.96. The number of carboxylic acid groups (broad SMARTS) is 1. The Bertz CT molecular complexity index is 350. The molecular formula is C16H27NO3. The van der Waals surface area contributed by atoms with Crippen LogP contribution in [0.1, 0.15) is 58.3 Å². The average Bonchev–Trinajstić information content (AvgIpc) is 2.82. The van der Waals surface area contributed by atoms with Crippen molar-refractivity contribution in [3.8, 4) is 0 Å². The van der Waals surface area contributed by atoms with Crippen molar-refractivity contribution in [3.05, 3.63) is 0 Å². The van der Waals surface area contributed by atoms with Gasteiger partial charge in [-0.25, -0.2) is 0 Å². The fourth-order valence-corrected chi connectivity index (χ4v) is 3.86. The molecule has 2 aliphatic carbocycles. The normalized spacial score (nSPS) is 31.1. The molecule has 2 aliphatic rings. The van der Waals surface area contributed by atoms with Crippen molar-refractivity contribution >= 4 is 11.9 Å². The van der Waals surface area contributed by atoms with E-state index in [4.69, 9.17) is 0 Å². The van der Waals surface area contributed by atoms with Crippen LogP contribution >= 0.6 is 0 Å². The summed E-state index contributed by atoms with van der Waals surface area (Å²) in [5.74, 6) is -0.583. The van der Waals surface area contributed by atoms with Crippen LogP contribution in [0.2, 0.25) is 0 Å². The summed E-state index contributed by atoms with van der Waals surface area (Å²) < 4.78 is 0. The molecule has 0 aromatic rings.